The van der Waals surface area contributed by atoms with E-state index in [1.165, 1.54) is 0 Å². The molecule has 104 valence electrons. The van der Waals surface area contributed by atoms with E-state index < -0.39 is 5.54 Å². The predicted octanol–water partition coefficient (Wildman–Crippen LogP) is 3.39. The van der Waals surface area contributed by atoms with E-state index >= 15 is 0 Å². The average molecular weight is 326 g/mol. The Balaban J connectivity index is 3.18. The van der Waals surface area contributed by atoms with Gasteiger partial charge in [-0.3, -0.25) is 5.32 Å². The standard InChI is InChI=1S/C15H20BrNO2/c1-4-11-17-15(5-2,14(18)19-6-3)12-7-9-13(16)10-8-12/h4,7-10,17H,1,5-6,11H2,2-3H3. The Morgan fingerprint density at radius 2 is 2.05 bits per heavy atom. The highest BCUT2D eigenvalue weighted by molar-refractivity contribution is 9.10. The Morgan fingerprint density at radius 3 is 2.53 bits per heavy atom. The molecule has 0 spiro atoms. The Hall–Kier alpha value is -1.13. The second kappa shape index (κ2) is 7.46. The summed E-state index contributed by atoms with van der Waals surface area (Å²) in [6.45, 7) is 8.38. The van der Waals surface area contributed by atoms with Gasteiger partial charge in [-0.2, -0.15) is 0 Å². The molecule has 0 aliphatic rings. The van der Waals surface area contributed by atoms with Crippen LogP contribution in [0.15, 0.2) is 41.4 Å². The van der Waals surface area contributed by atoms with Crippen LogP contribution in [0.2, 0.25) is 0 Å². The van der Waals surface area contributed by atoms with Gasteiger partial charge in [0.05, 0.1) is 6.61 Å². The van der Waals surface area contributed by atoms with Crippen LogP contribution < -0.4 is 5.32 Å². The van der Waals surface area contributed by atoms with Crippen LogP contribution in [0.4, 0.5) is 0 Å². The minimum absolute atomic E-state index is 0.248. The van der Waals surface area contributed by atoms with Crippen molar-refractivity contribution in [1.29, 1.82) is 0 Å². The van der Waals surface area contributed by atoms with Gasteiger partial charge in [0.1, 0.15) is 5.54 Å². The fourth-order valence-electron chi connectivity index (χ4n) is 2.00. The van der Waals surface area contributed by atoms with Crippen molar-refractivity contribution in [2.45, 2.75) is 25.8 Å². The molecule has 1 unspecified atom stereocenters. The van der Waals surface area contributed by atoms with E-state index in [0.29, 0.717) is 19.6 Å². The van der Waals surface area contributed by atoms with Crippen LogP contribution in [0.3, 0.4) is 0 Å². The van der Waals surface area contributed by atoms with Crippen molar-refractivity contribution in [3.05, 3.63) is 47.0 Å². The zero-order valence-electron chi connectivity index (χ0n) is 11.4. The van der Waals surface area contributed by atoms with Crippen LogP contribution in [-0.2, 0) is 15.1 Å². The van der Waals surface area contributed by atoms with Crippen molar-refractivity contribution in [1.82, 2.24) is 5.32 Å². The quantitative estimate of drug-likeness (QED) is 0.616. The maximum Gasteiger partial charge on any atom is 0.330 e. The zero-order valence-corrected chi connectivity index (χ0v) is 13.0. The second-order valence-corrected chi connectivity index (χ2v) is 5.07. The van der Waals surface area contributed by atoms with Gasteiger partial charge in [-0.15, -0.1) is 6.58 Å². The summed E-state index contributed by atoms with van der Waals surface area (Å²) in [6, 6.07) is 7.71. The van der Waals surface area contributed by atoms with Crippen LogP contribution in [0, 0.1) is 0 Å². The van der Waals surface area contributed by atoms with Crippen LogP contribution in [-0.4, -0.2) is 19.1 Å². The monoisotopic (exact) mass is 325 g/mol. The first kappa shape index (κ1) is 15.9. The smallest absolute Gasteiger partial charge is 0.330 e. The number of rotatable bonds is 7. The SMILES string of the molecule is C=CCNC(CC)(C(=O)OCC)c1ccc(Br)cc1. The molecule has 1 rings (SSSR count). The molecular weight excluding hydrogens is 306 g/mol. The van der Waals surface area contributed by atoms with Crippen molar-refractivity contribution in [2.75, 3.05) is 13.2 Å². The minimum Gasteiger partial charge on any atom is -0.464 e. The molecule has 1 N–H and O–H groups in total. The number of benzene rings is 1. The lowest BCUT2D eigenvalue weighted by atomic mass is 9.87. The summed E-state index contributed by atoms with van der Waals surface area (Å²) in [4.78, 5) is 12.4. The Morgan fingerprint density at radius 1 is 1.42 bits per heavy atom. The van der Waals surface area contributed by atoms with Crippen molar-refractivity contribution >= 4 is 21.9 Å². The molecule has 0 aliphatic heterocycles. The fraction of sp³-hybridized carbons (Fsp3) is 0.400. The third kappa shape index (κ3) is 3.67. The third-order valence-corrected chi connectivity index (χ3v) is 3.57. The molecule has 0 fully saturated rings. The molecule has 1 aromatic carbocycles. The van der Waals surface area contributed by atoms with E-state index in [9.17, 15) is 4.79 Å². The molecule has 19 heavy (non-hydrogen) atoms. The second-order valence-electron chi connectivity index (χ2n) is 4.16. The third-order valence-electron chi connectivity index (χ3n) is 3.04. The maximum absolute atomic E-state index is 12.4. The zero-order chi connectivity index (χ0) is 14.3. The molecule has 0 aliphatic carbocycles. The number of carbonyl (C=O) groups excluding carboxylic acids is 1. The first-order valence-corrected chi connectivity index (χ1v) is 7.19. The van der Waals surface area contributed by atoms with E-state index in [1.54, 1.807) is 6.08 Å². The number of esters is 1. The highest BCUT2D eigenvalue weighted by atomic mass is 79.9. The molecule has 0 bridgehead atoms. The molecular formula is C15H20BrNO2. The maximum atomic E-state index is 12.4. The van der Waals surface area contributed by atoms with Crippen molar-refractivity contribution in [3.63, 3.8) is 0 Å². The van der Waals surface area contributed by atoms with E-state index in [2.05, 4.69) is 27.8 Å². The molecule has 0 radical (unpaired) electrons. The highest BCUT2D eigenvalue weighted by Gasteiger charge is 2.39. The van der Waals surface area contributed by atoms with Gasteiger partial charge < -0.3 is 4.74 Å². The van der Waals surface area contributed by atoms with Gasteiger partial charge in [0.2, 0.25) is 0 Å². The van der Waals surface area contributed by atoms with E-state index in [4.69, 9.17) is 4.74 Å². The fourth-order valence-corrected chi connectivity index (χ4v) is 2.26. The first-order chi connectivity index (χ1) is 9.10. The van der Waals surface area contributed by atoms with Crippen molar-refractivity contribution < 1.29 is 9.53 Å². The molecule has 0 saturated carbocycles. The topological polar surface area (TPSA) is 38.3 Å². The molecule has 4 heteroatoms. The van der Waals surface area contributed by atoms with Crippen LogP contribution in [0.5, 0.6) is 0 Å². The average Bonchev–Trinajstić information content (AvgIpc) is 2.42. The minimum atomic E-state index is -0.815. The molecule has 0 heterocycles. The number of carbonyl (C=O) groups is 1. The summed E-state index contributed by atoms with van der Waals surface area (Å²) >= 11 is 3.40. The molecule has 0 saturated heterocycles. The number of hydrogen-bond acceptors (Lipinski definition) is 3. The summed E-state index contributed by atoms with van der Waals surface area (Å²) in [5.74, 6) is -0.248. The Kier molecular flexibility index (Phi) is 6.25. The van der Waals surface area contributed by atoms with Gasteiger partial charge in [-0.1, -0.05) is 41.1 Å². The summed E-state index contributed by atoms with van der Waals surface area (Å²) < 4.78 is 6.21. The Bertz CT molecular complexity index is 430. The van der Waals surface area contributed by atoms with E-state index in [-0.39, 0.29) is 5.97 Å². The molecule has 1 atom stereocenters. The summed E-state index contributed by atoms with van der Waals surface area (Å²) in [6.07, 6.45) is 2.35. The van der Waals surface area contributed by atoms with Crippen LogP contribution in [0.1, 0.15) is 25.8 Å². The molecule has 3 nitrogen and oxygen atoms in total. The lowest BCUT2D eigenvalue weighted by molar-refractivity contribution is -0.152. The lowest BCUT2D eigenvalue weighted by Gasteiger charge is -2.31. The lowest BCUT2D eigenvalue weighted by Crippen LogP contribution is -2.49. The van der Waals surface area contributed by atoms with Gasteiger partial charge in [0.25, 0.3) is 0 Å². The summed E-state index contributed by atoms with van der Waals surface area (Å²) in [5.41, 5.74) is 0.0868. The van der Waals surface area contributed by atoms with Gasteiger partial charge in [-0.25, -0.2) is 4.79 Å². The van der Waals surface area contributed by atoms with Gasteiger partial charge >= 0.3 is 5.97 Å². The van der Waals surface area contributed by atoms with Gasteiger partial charge in [0, 0.05) is 11.0 Å². The summed E-state index contributed by atoms with van der Waals surface area (Å²) in [7, 11) is 0. The van der Waals surface area contributed by atoms with E-state index in [1.807, 2.05) is 38.1 Å². The van der Waals surface area contributed by atoms with Crippen molar-refractivity contribution in [2.24, 2.45) is 0 Å². The largest absolute Gasteiger partial charge is 0.464 e. The van der Waals surface area contributed by atoms with Crippen LogP contribution in [0.25, 0.3) is 0 Å². The van der Waals surface area contributed by atoms with Crippen molar-refractivity contribution in [3.8, 4) is 0 Å². The number of ether oxygens (including phenoxy) is 1. The number of halogens is 1. The number of hydrogen-bond donors (Lipinski definition) is 1. The molecule has 0 amide bonds. The number of nitrogens with one attached hydrogen (secondary N) is 1. The molecule has 1 aromatic rings. The van der Waals surface area contributed by atoms with Gasteiger partial charge in [-0.05, 0) is 31.0 Å². The highest BCUT2D eigenvalue weighted by Crippen LogP contribution is 2.28. The Labute approximate surface area is 123 Å². The molecule has 0 aromatic heterocycles. The van der Waals surface area contributed by atoms with Gasteiger partial charge in [0.15, 0.2) is 0 Å². The summed E-state index contributed by atoms with van der Waals surface area (Å²) in [5, 5.41) is 3.25. The van der Waals surface area contributed by atoms with Crippen LogP contribution >= 0.6 is 15.9 Å². The normalized spacial score (nSPS) is 13.6. The predicted molar refractivity (Wildman–Crippen MR) is 80.9 cm³/mol. The first-order valence-electron chi connectivity index (χ1n) is 6.40. The van der Waals surface area contributed by atoms with E-state index in [0.717, 1.165) is 10.0 Å².